The molecule has 3 heterocycles. The third-order valence-corrected chi connectivity index (χ3v) is 4.55. The van der Waals surface area contributed by atoms with Gasteiger partial charge >= 0.3 is 0 Å². The summed E-state index contributed by atoms with van der Waals surface area (Å²) in [6.45, 7) is 4.39. The van der Waals surface area contributed by atoms with E-state index in [1.807, 2.05) is 6.20 Å². The predicted octanol–water partition coefficient (Wildman–Crippen LogP) is 4.62. The normalized spacial score (nSPS) is 11.5. The second-order valence-corrected chi connectivity index (χ2v) is 6.54. The molecule has 0 saturated heterocycles. The second kappa shape index (κ2) is 4.78. The van der Waals surface area contributed by atoms with Crippen molar-refractivity contribution in [2.45, 2.75) is 20.3 Å². The predicted molar refractivity (Wildman–Crippen MR) is 79.3 cm³/mol. The minimum absolute atomic E-state index is 0.596. The van der Waals surface area contributed by atoms with Crippen LogP contribution in [0.2, 0.25) is 0 Å². The SMILES string of the molecule is CC(C)Cc1ncc2c(-c3cccs3)csc2n1. The smallest absolute Gasteiger partial charge is 0.130 e. The second-order valence-electron chi connectivity index (χ2n) is 4.73. The van der Waals surface area contributed by atoms with Gasteiger partial charge in [-0.3, -0.25) is 0 Å². The summed E-state index contributed by atoms with van der Waals surface area (Å²) >= 11 is 3.47. The molecule has 0 aromatic carbocycles. The number of rotatable bonds is 3. The molecule has 0 N–H and O–H groups in total. The fourth-order valence-electron chi connectivity index (χ4n) is 1.94. The molecule has 0 bridgehead atoms. The van der Waals surface area contributed by atoms with Crippen LogP contribution in [-0.4, -0.2) is 9.97 Å². The number of thiophene rings is 2. The first-order chi connectivity index (χ1) is 8.74. The maximum Gasteiger partial charge on any atom is 0.130 e. The van der Waals surface area contributed by atoms with Crippen LogP contribution in [0.25, 0.3) is 20.7 Å². The molecule has 0 amide bonds. The van der Waals surface area contributed by atoms with E-state index in [-0.39, 0.29) is 0 Å². The molecular weight excluding hydrogens is 260 g/mol. The fraction of sp³-hybridized carbons (Fsp3) is 0.286. The van der Waals surface area contributed by atoms with E-state index in [4.69, 9.17) is 0 Å². The highest BCUT2D eigenvalue weighted by Crippen LogP contribution is 2.35. The molecular formula is C14H14N2S2. The van der Waals surface area contributed by atoms with E-state index in [0.29, 0.717) is 5.92 Å². The molecule has 0 spiro atoms. The summed E-state index contributed by atoms with van der Waals surface area (Å²) in [6.07, 6.45) is 2.92. The average Bonchev–Trinajstić information content (AvgIpc) is 2.94. The van der Waals surface area contributed by atoms with Crippen LogP contribution in [0.5, 0.6) is 0 Å². The number of hydrogen-bond donors (Lipinski definition) is 0. The molecule has 0 aliphatic rings. The number of aromatic nitrogens is 2. The first-order valence-electron chi connectivity index (χ1n) is 6.01. The van der Waals surface area contributed by atoms with Crippen LogP contribution in [0.15, 0.2) is 29.1 Å². The Labute approximate surface area is 114 Å². The van der Waals surface area contributed by atoms with E-state index in [1.165, 1.54) is 15.8 Å². The van der Waals surface area contributed by atoms with Gasteiger partial charge in [0.05, 0.1) is 0 Å². The number of nitrogens with zero attached hydrogens (tertiary/aromatic N) is 2. The molecule has 3 aromatic rings. The summed E-state index contributed by atoms with van der Waals surface area (Å²) in [7, 11) is 0. The van der Waals surface area contributed by atoms with Gasteiger partial charge in [-0.25, -0.2) is 9.97 Å². The maximum atomic E-state index is 4.66. The summed E-state index contributed by atoms with van der Waals surface area (Å²) in [5.41, 5.74) is 1.26. The van der Waals surface area contributed by atoms with Crippen molar-refractivity contribution in [3.05, 3.63) is 34.9 Å². The highest BCUT2D eigenvalue weighted by atomic mass is 32.1. The minimum Gasteiger partial charge on any atom is -0.241 e. The van der Waals surface area contributed by atoms with Crippen LogP contribution < -0.4 is 0 Å². The molecule has 0 radical (unpaired) electrons. The molecule has 0 fully saturated rings. The van der Waals surface area contributed by atoms with E-state index >= 15 is 0 Å². The van der Waals surface area contributed by atoms with Gasteiger partial charge in [-0.05, 0) is 17.4 Å². The summed E-state index contributed by atoms with van der Waals surface area (Å²) in [6, 6.07) is 4.23. The van der Waals surface area contributed by atoms with Crippen molar-refractivity contribution in [3.8, 4) is 10.4 Å². The Balaban J connectivity index is 2.05. The minimum atomic E-state index is 0.596. The topological polar surface area (TPSA) is 25.8 Å². The molecule has 0 aliphatic heterocycles. The molecule has 3 rings (SSSR count). The van der Waals surface area contributed by atoms with Gasteiger partial charge in [0.15, 0.2) is 0 Å². The molecule has 4 heteroatoms. The van der Waals surface area contributed by atoms with Gasteiger partial charge in [0.2, 0.25) is 0 Å². The van der Waals surface area contributed by atoms with Gasteiger partial charge < -0.3 is 0 Å². The average molecular weight is 274 g/mol. The quantitative estimate of drug-likeness (QED) is 0.696. The highest BCUT2D eigenvalue weighted by molar-refractivity contribution is 7.18. The summed E-state index contributed by atoms with van der Waals surface area (Å²) in [5.74, 6) is 1.55. The molecule has 0 atom stereocenters. The van der Waals surface area contributed by atoms with Crippen LogP contribution in [-0.2, 0) is 6.42 Å². The first kappa shape index (κ1) is 11.8. The van der Waals surface area contributed by atoms with Crippen molar-refractivity contribution >= 4 is 32.9 Å². The van der Waals surface area contributed by atoms with Crippen molar-refractivity contribution in [3.63, 3.8) is 0 Å². The van der Waals surface area contributed by atoms with Crippen LogP contribution in [0.3, 0.4) is 0 Å². The monoisotopic (exact) mass is 274 g/mol. The zero-order valence-corrected chi connectivity index (χ0v) is 12.0. The Bertz CT molecular complexity index is 654. The lowest BCUT2D eigenvalue weighted by Crippen LogP contribution is -1.99. The van der Waals surface area contributed by atoms with Gasteiger partial charge in [-0.15, -0.1) is 22.7 Å². The Hall–Kier alpha value is -1.26. The molecule has 2 nitrogen and oxygen atoms in total. The van der Waals surface area contributed by atoms with E-state index < -0.39 is 0 Å². The molecule has 0 aliphatic carbocycles. The van der Waals surface area contributed by atoms with Crippen molar-refractivity contribution in [2.75, 3.05) is 0 Å². The van der Waals surface area contributed by atoms with Gasteiger partial charge in [0.1, 0.15) is 10.7 Å². The lowest BCUT2D eigenvalue weighted by Gasteiger charge is -2.02. The Morgan fingerprint density at radius 2 is 2.17 bits per heavy atom. The maximum absolute atomic E-state index is 4.66. The molecule has 0 saturated carbocycles. The zero-order chi connectivity index (χ0) is 12.5. The Morgan fingerprint density at radius 1 is 1.28 bits per heavy atom. The van der Waals surface area contributed by atoms with Crippen molar-refractivity contribution in [1.29, 1.82) is 0 Å². The first-order valence-corrected chi connectivity index (χ1v) is 7.77. The summed E-state index contributed by atoms with van der Waals surface area (Å²) in [4.78, 5) is 11.5. The van der Waals surface area contributed by atoms with Gasteiger partial charge in [-0.2, -0.15) is 0 Å². The van der Waals surface area contributed by atoms with Crippen molar-refractivity contribution < 1.29 is 0 Å². The van der Waals surface area contributed by atoms with Gasteiger partial charge in [0, 0.05) is 33.8 Å². The largest absolute Gasteiger partial charge is 0.241 e. The number of fused-ring (bicyclic) bond motifs is 1. The Morgan fingerprint density at radius 3 is 2.89 bits per heavy atom. The zero-order valence-electron chi connectivity index (χ0n) is 10.4. The lowest BCUT2D eigenvalue weighted by molar-refractivity contribution is 0.623. The van der Waals surface area contributed by atoms with Gasteiger partial charge in [0.25, 0.3) is 0 Å². The van der Waals surface area contributed by atoms with Crippen LogP contribution >= 0.6 is 22.7 Å². The van der Waals surface area contributed by atoms with Crippen LogP contribution in [0, 0.1) is 5.92 Å². The lowest BCUT2D eigenvalue weighted by atomic mass is 10.1. The van der Waals surface area contributed by atoms with E-state index in [2.05, 4.69) is 46.7 Å². The summed E-state index contributed by atoms with van der Waals surface area (Å²) in [5, 5.41) is 5.46. The fourth-order valence-corrected chi connectivity index (χ4v) is 3.70. The van der Waals surface area contributed by atoms with Crippen molar-refractivity contribution in [2.24, 2.45) is 5.92 Å². The molecule has 92 valence electrons. The van der Waals surface area contributed by atoms with Crippen molar-refractivity contribution in [1.82, 2.24) is 9.97 Å². The highest BCUT2D eigenvalue weighted by Gasteiger charge is 2.10. The van der Waals surface area contributed by atoms with E-state index in [0.717, 1.165) is 17.1 Å². The van der Waals surface area contributed by atoms with E-state index in [9.17, 15) is 0 Å². The van der Waals surface area contributed by atoms with E-state index in [1.54, 1.807) is 22.7 Å². The van der Waals surface area contributed by atoms with Crippen LogP contribution in [0.1, 0.15) is 19.7 Å². The summed E-state index contributed by atoms with van der Waals surface area (Å²) < 4.78 is 0. The Kier molecular flexibility index (Phi) is 3.14. The third kappa shape index (κ3) is 2.18. The molecule has 3 aromatic heterocycles. The standard InChI is InChI=1S/C14H14N2S2/c1-9(2)6-13-15-7-10-11(8-18-14(10)16-13)12-4-3-5-17-12/h3-5,7-9H,6H2,1-2H3. The molecule has 18 heavy (non-hydrogen) atoms. The van der Waals surface area contributed by atoms with Gasteiger partial charge in [-0.1, -0.05) is 19.9 Å². The third-order valence-electron chi connectivity index (χ3n) is 2.76. The van der Waals surface area contributed by atoms with Crippen LogP contribution in [0.4, 0.5) is 0 Å². The molecule has 0 unspecified atom stereocenters. The number of hydrogen-bond acceptors (Lipinski definition) is 4.